The van der Waals surface area contributed by atoms with E-state index in [9.17, 15) is 0 Å². The second kappa shape index (κ2) is 13.2. The largest absolute Gasteiger partial charge is 0.309 e. The molecule has 2 nitrogen and oxygen atoms in total. The highest BCUT2D eigenvalue weighted by Crippen LogP contribution is 2.49. The van der Waals surface area contributed by atoms with Crippen molar-refractivity contribution in [2.45, 2.75) is 32.6 Å². The Kier molecular flexibility index (Phi) is 7.89. The van der Waals surface area contributed by atoms with Crippen LogP contribution in [0.5, 0.6) is 0 Å². The highest BCUT2D eigenvalue weighted by molar-refractivity contribution is 7.26. The summed E-state index contributed by atoms with van der Waals surface area (Å²) in [7, 11) is 0. The van der Waals surface area contributed by atoms with Crippen molar-refractivity contribution < 1.29 is 0 Å². The summed E-state index contributed by atoms with van der Waals surface area (Å²) < 4.78 is 6.33. The summed E-state index contributed by atoms with van der Waals surface area (Å²) in [6.07, 6.45) is 10.1. The van der Waals surface area contributed by atoms with Gasteiger partial charge < -0.3 is 9.47 Å². The molecule has 3 aromatic heterocycles. The van der Waals surface area contributed by atoms with E-state index in [2.05, 4.69) is 206 Å². The molecule has 1 aliphatic carbocycles. The molecule has 0 N–H and O–H groups in total. The molecule has 0 saturated heterocycles. The van der Waals surface area contributed by atoms with Crippen LogP contribution in [-0.4, -0.2) is 4.57 Å². The van der Waals surface area contributed by atoms with Gasteiger partial charge in [-0.05, 0) is 89.2 Å². The van der Waals surface area contributed by atoms with Crippen LogP contribution in [0.3, 0.4) is 0 Å². The predicted octanol–water partition coefficient (Wildman–Crippen LogP) is 16.2. The number of rotatable bonds is 5. The first kappa shape index (κ1) is 34.1. The van der Waals surface area contributed by atoms with Gasteiger partial charge in [-0.25, -0.2) is 0 Å². The Morgan fingerprint density at radius 1 is 0.526 bits per heavy atom. The first-order valence-corrected chi connectivity index (χ1v) is 21.4. The van der Waals surface area contributed by atoms with E-state index in [1.165, 1.54) is 96.3 Å². The molecule has 57 heavy (non-hydrogen) atoms. The lowest BCUT2D eigenvalue weighted by Gasteiger charge is -2.27. The molecule has 0 atom stereocenters. The van der Waals surface area contributed by atoms with E-state index in [0.29, 0.717) is 0 Å². The minimum Gasteiger partial charge on any atom is -0.309 e. The standard InChI is InChI=1S/C53H40N2S2/c1-53(2,3)36-26-30-38(31-27-36)54-45-18-9-7-13-39(45)40-32-25-35(33-48(40)54)34-23-28-37(29-24-34)55(47-20-12-17-44-42-15-8-10-22-50(42)57-52(44)47)46-19-11-16-43-41-14-5-4-6-21-49(41)56-51(43)46/h5-33H,4H2,1-3H3. The first-order valence-electron chi connectivity index (χ1n) is 19.7. The Morgan fingerprint density at radius 2 is 1.18 bits per heavy atom. The van der Waals surface area contributed by atoms with Crippen molar-refractivity contribution in [2.24, 2.45) is 0 Å². The van der Waals surface area contributed by atoms with E-state index < -0.39 is 0 Å². The number of thiophene rings is 2. The third kappa shape index (κ3) is 5.58. The monoisotopic (exact) mass is 768 g/mol. The normalized spacial score (nSPS) is 13.0. The fraction of sp³-hybridized carbons (Fsp3) is 0.0943. The lowest BCUT2D eigenvalue weighted by Crippen LogP contribution is -2.10. The van der Waals surface area contributed by atoms with E-state index in [4.69, 9.17) is 0 Å². The molecular formula is C53H40N2S2. The van der Waals surface area contributed by atoms with Crippen molar-refractivity contribution in [3.63, 3.8) is 0 Å². The minimum atomic E-state index is 0.0997. The number of para-hydroxylation sites is 1. The highest BCUT2D eigenvalue weighted by Gasteiger charge is 2.23. The van der Waals surface area contributed by atoms with Crippen LogP contribution in [0.4, 0.5) is 17.1 Å². The van der Waals surface area contributed by atoms with Crippen molar-refractivity contribution in [2.75, 3.05) is 4.90 Å². The van der Waals surface area contributed by atoms with Gasteiger partial charge in [0, 0.05) is 53.4 Å². The van der Waals surface area contributed by atoms with Gasteiger partial charge in [-0.15, -0.1) is 22.7 Å². The molecule has 0 spiro atoms. The van der Waals surface area contributed by atoms with Crippen molar-refractivity contribution in [1.82, 2.24) is 4.57 Å². The van der Waals surface area contributed by atoms with Gasteiger partial charge in [-0.1, -0.05) is 136 Å². The molecule has 0 unspecified atom stereocenters. The molecule has 0 saturated carbocycles. The molecule has 0 amide bonds. The maximum atomic E-state index is 2.50. The molecule has 11 rings (SSSR count). The van der Waals surface area contributed by atoms with Gasteiger partial charge in [0.2, 0.25) is 0 Å². The van der Waals surface area contributed by atoms with Crippen LogP contribution in [-0.2, 0) is 5.41 Å². The van der Waals surface area contributed by atoms with Crippen molar-refractivity contribution in [3.8, 4) is 16.8 Å². The molecule has 4 heteroatoms. The summed E-state index contributed by atoms with van der Waals surface area (Å²) >= 11 is 3.78. The van der Waals surface area contributed by atoms with Crippen molar-refractivity contribution in [3.05, 3.63) is 180 Å². The van der Waals surface area contributed by atoms with E-state index in [1.807, 2.05) is 22.7 Å². The quantitative estimate of drug-likeness (QED) is 0.169. The summed E-state index contributed by atoms with van der Waals surface area (Å²) in [5.41, 5.74) is 12.3. The zero-order chi connectivity index (χ0) is 38.3. The number of aromatic nitrogens is 1. The van der Waals surface area contributed by atoms with Crippen LogP contribution in [0.1, 0.15) is 43.2 Å². The minimum absolute atomic E-state index is 0.0997. The molecule has 10 aromatic rings. The van der Waals surface area contributed by atoms with Crippen LogP contribution < -0.4 is 4.90 Å². The smallest absolute Gasteiger partial charge is 0.0640 e. The van der Waals surface area contributed by atoms with Crippen LogP contribution in [0.2, 0.25) is 0 Å². The summed E-state index contributed by atoms with van der Waals surface area (Å²) in [6, 6.07) is 56.5. The van der Waals surface area contributed by atoms with Gasteiger partial charge in [0.05, 0.1) is 31.8 Å². The second-order valence-corrected chi connectivity index (χ2v) is 18.2. The number of fused-ring (bicyclic) bond motifs is 9. The van der Waals surface area contributed by atoms with Gasteiger partial charge in [-0.3, -0.25) is 0 Å². The molecule has 0 radical (unpaired) electrons. The highest BCUT2D eigenvalue weighted by atomic mass is 32.1. The zero-order valence-corrected chi connectivity index (χ0v) is 33.8. The molecule has 0 fully saturated rings. The fourth-order valence-corrected chi connectivity index (χ4v) is 11.1. The Balaban J connectivity index is 1.07. The number of anilines is 3. The Morgan fingerprint density at radius 3 is 1.96 bits per heavy atom. The fourth-order valence-electron chi connectivity index (χ4n) is 8.71. The van der Waals surface area contributed by atoms with Crippen LogP contribution >= 0.6 is 22.7 Å². The van der Waals surface area contributed by atoms with Gasteiger partial charge in [0.1, 0.15) is 0 Å². The lowest BCUT2D eigenvalue weighted by atomic mass is 9.87. The van der Waals surface area contributed by atoms with Gasteiger partial charge in [0.15, 0.2) is 0 Å². The van der Waals surface area contributed by atoms with E-state index in [1.54, 1.807) is 0 Å². The topological polar surface area (TPSA) is 8.17 Å². The zero-order valence-electron chi connectivity index (χ0n) is 32.2. The SMILES string of the molecule is CC(C)(C)c1ccc(-n2c3ccccc3c3ccc(-c4ccc(N(c5cccc6c7c(sc56)C=CCC=C7)c5cccc6c5sc5ccccc56)cc4)cc32)cc1. The molecule has 7 aromatic carbocycles. The average molecular weight is 769 g/mol. The summed E-state index contributed by atoms with van der Waals surface area (Å²) in [6.45, 7) is 6.82. The molecular weight excluding hydrogens is 729 g/mol. The Labute approximate surface area is 340 Å². The average Bonchev–Trinajstić information content (AvgIpc) is 3.84. The molecule has 1 aliphatic rings. The van der Waals surface area contributed by atoms with Crippen LogP contribution in [0.15, 0.2) is 164 Å². The summed E-state index contributed by atoms with van der Waals surface area (Å²) in [5.74, 6) is 0. The third-order valence-electron chi connectivity index (χ3n) is 11.6. The van der Waals surface area contributed by atoms with Gasteiger partial charge in [0.25, 0.3) is 0 Å². The molecule has 0 aliphatic heterocycles. The van der Waals surface area contributed by atoms with Crippen molar-refractivity contribution >= 4 is 104 Å². The summed E-state index contributed by atoms with van der Waals surface area (Å²) in [5, 5.41) is 6.44. The van der Waals surface area contributed by atoms with Crippen molar-refractivity contribution in [1.29, 1.82) is 0 Å². The van der Waals surface area contributed by atoms with E-state index in [0.717, 1.165) is 12.1 Å². The predicted molar refractivity (Wildman–Crippen MR) is 251 cm³/mol. The Hall–Kier alpha value is -6.20. The second-order valence-electron chi connectivity index (χ2n) is 16.1. The number of hydrogen-bond donors (Lipinski definition) is 0. The maximum Gasteiger partial charge on any atom is 0.0640 e. The van der Waals surface area contributed by atoms with E-state index >= 15 is 0 Å². The number of benzene rings is 7. The number of allylic oxidation sites excluding steroid dienone is 2. The van der Waals surface area contributed by atoms with Crippen LogP contribution in [0.25, 0.3) is 81.0 Å². The first-order chi connectivity index (χ1) is 27.9. The van der Waals surface area contributed by atoms with Gasteiger partial charge in [-0.2, -0.15) is 0 Å². The molecule has 3 heterocycles. The van der Waals surface area contributed by atoms with Gasteiger partial charge >= 0.3 is 0 Å². The number of hydrogen-bond acceptors (Lipinski definition) is 3. The maximum absolute atomic E-state index is 2.50. The molecule has 274 valence electrons. The molecule has 0 bridgehead atoms. The Bertz CT molecular complexity index is 3230. The summed E-state index contributed by atoms with van der Waals surface area (Å²) in [4.78, 5) is 3.81. The van der Waals surface area contributed by atoms with E-state index in [-0.39, 0.29) is 5.41 Å². The number of nitrogens with zero attached hydrogens (tertiary/aromatic N) is 2. The third-order valence-corrected chi connectivity index (χ3v) is 14.0. The lowest BCUT2D eigenvalue weighted by molar-refractivity contribution is 0.590. The van der Waals surface area contributed by atoms with Crippen LogP contribution in [0, 0.1) is 0 Å².